The van der Waals surface area contributed by atoms with Crippen molar-refractivity contribution in [2.45, 2.75) is 9.92 Å². The SMILES string of the molecule is O=C(O)c1cc(Sc2ncncc2Br)ccc1Br. The summed E-state index contributed by atoms with van der Waals surface area (Å²) in [5.74, 6) is -0.967. The molecule has 0 bridgehead atoms. The first-order valence-electron chi connectivity index (χ1n) is 4.74. The Morgan fingerprint density at radius 1 is 1.28 bits per heavy atom. The molecule has 0 atom stereocenters. The zero-order valence-electron chi connectivity index (χ0n) is 8.80. The molecule has 0 amide bonds. The molecule has 0 aliphatic carbocycles. The lowest BCUT2D eigenvalue weighted by Crippen LogP contribution is -1.97. The van der Waals surface area contributed by atoms with Gasteiger partial charge in [0.1, 0.15) is 11.4 Å². The lowest BCUT2D eigenvalue weighted by Gasteiger charge is -2.05. The standard InChI is InChI=1S/C11H6Br2N2O2S/c12-8-2-1-6(3-7(8)11(16)17)18-10-9(13)4-14-5-15-10/h1-5H,(H,16,17). The summed E-state index contributed by atoms with van der Waals surface area (Å²) < 4.78 is 1.33. The highest BCUT2D eigenvalue weighted by atomic mass is 79.9. The first-order valence-corrected chi connectivity index (χ1v) is 7.14. The average molecular weight is 390 g/mol. The lowest BCUT2D eigenvalue weighted by molar-refractivity contribution is 0.0695. The number of nitrogens with zero attached hydrogens (tertiary/aromatic N) is 2. The Kier molecular flexibility index (Phi) is 4.36. The molecule has 0 radical (unpaired) electrons. The molecule has 0 saturated carbocycles. The number of halogens is 2. The average Bonchev–Trinajstić information content (AvgIpc) is 2.34. The minimum absolute atomic E-state index is 0.227. The van der Waals surface area contributed by atoms with E-state index in [0.717, 1.165) is 14.4 Å². The summed E-state index contributed by atoms with van der Waals surface area (Å²) in [6.07, 6.45) is 3.09. The molecular formula is C11H6Br2N2O2S. The van der Waals surface area contributed by atoms with Crippen molar-refractivity contribution in [3.8, 4) is 0 Å². The second-order valence-corrected chi connectivity index (χ2v) is 6.00. The van der Waals surface area contributed by atoms with Crippen molar-refractivity contribution in [3.05, 3.63) is 45.2 Å². The number of aromatic carboxylic acids is 1. The molecule has 0 unspecified atom stereocenters. The first-order chi connectivity index (χ1) is 8.58. The number of rotatable bonds is 3. The third kappa shape index (κ3) is 3.09. The van der Waals surface area contributed by atoms with Gasteiger partial charge < -0.3 is 5.11 Å². The fraction of sp³-hybridized carbons (Fsp3) is 0. The van der Waals surface area contributed by atoms with E-state index < -0.39 is 5.97 Å². The molecule has 0 spiro atoms. The molecule has 7 heteroatoms. The van der Waals surface area contributed by atoms with E-state index in [-0.39, 0.29) is 5.56 Å². The third-order valence-corrected chi connectivity index (χ3v) is 4.56. The quantitative estimate of drug-likeness (QED) is 0.807. The molecule has 0 fully saturated rings. The number of carboxylic acids is 1. The first kappa shape index (κ1) is 13.5. The van der Waals surface area contributed by atoms with Crippen molar-refractivity contribution in [1.82, 2.24) is 9.97 Å². The fourth-order valence-electron chi connectivity index (χ4n) is 1.22. The van der Waals surface area contributed by atoms with Crippen molar-refractivity contribution in [2.75, 3.05) is 0 Å². The van der Waals surface area contributed by atoms with Gasteiger partial charge in [-0.25, -0.2) is 14.8 Å². The van der Waals surface area contributed by atoms with Crippen molar-refractivity contribution in [1.29, 1.82) is 0 Å². The summed E-state index contributed by atoms with van der Waals surface area (Å²) in [5.41, 5.74) is 0.227. The normalized spacial score (nSPS) is 10.3. The molecule has 1 aromatic heterocycles. The van der Waals surface area contributed by atoms with Crippen LogP contribution in [-0.4, -0.2) is 21.0 Å². The smallest absolute Gasteiger partial charge is 0.336 e. The molecule has 0 aliphatic heterocycles. The molecule has 1 N–H and O–H groups in total. The maximum atomic E-state index is 11.0. The molecule has 2 aromatic rings. The lowest BCUT2D eigenvalue weighted by atomic mass is 10.2. The van der Waals surface area contributed by atoms with Crippen LogP contribution in [0.3, 0.4) is 0 Å². The zero-order chi connectivity index (χ0) is 13.1. The number of hydrogen-bond donors (Lipinski definition) is 1. The van der Waals surface area contributed by atoms with Crippen LogP contribution in [0.2, 0.25) is 0 Å². The number of benzene rings is 1. The van der Waals surface area contributed by atoms with Crippen LogP contribution in [0.1, 0.15) is 10.4 Å². The molecule has 0 saturated heterocycles. The van der Waals surface area contributed by atoms with Crippen molar-refractivity contribution in [2.24, 2.45) is 0 Å². The molecular weight excluding hydrogens is 384 g/mol. The molecule has 2 rings (SSSR count). The molecule has 92 valence electrons. The van der Waals surface area contributed by atoms with Crippen molar-refractivity contribution in [3.63, 3.8) is 0 Å². The Labute approximate surface area is 124 Å². The molecule has 4 nitrogen and oxygen atoms in total. The van der Waals surface area contributed by atoms with E-state index in [9.17, 15) is 4.79 Å². The van der Waals surface area contributed by atoms with Gasteiger partial charge in [-0.1, -0.05) is 11.8 Å². The summed E-state index contributed by atoms with van der Waals surface area (Å²) in [5, 5.41) is 9.78. The van der Waals surface area contributed by atoms with Crippen molar-refractivity contribution >= 4 is 49.6 Å². The van der Waals surface area contributed by atoms with Crippen LogP contribution in [0.25, 0.3) is 0 Å². The van der Waals surface area contributed by atoms with Gasteiger partial charge in [-0.15, -0.1) is 0 Å². The largest absolute Gasteiger partial charge is 0.478 e. The maximum Gasteiger partial charge on any atom is 0.336 e. The van der Waals surface area contributed by atoms with Crippen LogP contribution in [0.5, 0.6) is 0 Å². The van der Waals surface area contributed by atoms with Crippen LogP contribution >= 0.6 is 43.6 Å². The zero-order valence-corrected chi connectivity index (χ0v) is 12.8. The van der Waals surface area contributed by atoms with Gasteiger partial charge in [-0.2, -0.15) is 0 Å². The monoisotopic (exact) mass is 388 g/mol. The van der Waals surface area contributed by atoms with Gasteiger partial charge in [-0.3, -0.25) is 0 Å². The molecule has 18 heavy (non-hydrogen) atoms. The van der Waals surface area contributed by atoms with Gasteiger partial charge in [0.25, 0.3) is 0 Å². The van der Waals surface area contributed by atoms with E-state index in [1.54, 1.807) is 18.3 Å². The van der Waals surface area contributed by atoms with E-state index >= 15 is 0 Å². The molecule has 1 aromatic carbocycles. The van der Waals surface area contributed by atoms with Gasteiger partial charge in [-0.05, 0) is 50.1 Å². The molecule has 0 aliphatic rings. The maximum absolute atomic E-state index is 11.0. The van der Waals surface area contributed by atoms with Gasteiger partial charge in [0.15, 0.2) is 0 Å². The van der Waals surface area contributed by atoms with Crippen molar-refractivity contribution < 1.29 is 9.90 Å². The summed E-state index contributed by atoms with van der Waals surface area (Å²) >= 11 is 7.92. The summed E-state index contributed by atoms with van der Waals surface area (Å²) in [6, 6.07) is 5.14. The highest BCUT2D eigenvalue weighted by molar-refractivity contribution is 9.10. The van der Waals surface area contributed by atoms with Crippen LogP contribution in [-0.2, 0) is 0 Å². The van der Waals surface area contributed by atoms with E-state index in [2.05, 4.69) is 41.8 Å². The Balaban J connectivity index is 2.33. The van der Waals surface area contributed by atoms with Crippen LogP contribution in [0.4, 0.5) is 0 Å². The minimum atomic E-state index is -0.967. The number of carboxylic acid groups (broad SMARTS) is 1. The van der Waals surface area contributed by atoms with Gasteiger partial charge >= 0.3 is 5.97 Å². The summed E-state index contributed by atoms with van der Waals surface area (Å²) in [6.45, 7) is 0. The van der Waals surface area contributed by atoms with Crippen LogP contribution in [0.15, 0.2) is 49.6 Å². The summed E-state index contributed by atoms with van der Waals surface area (Å²) in [4.78, 5) is 19.8. The van der Waals surface area contributed by atoms with Crippen LogP contribution < -0.4 is 0 Å². The third-order valence-electron chi connectivity index (χ3n) is 2.02. The van der Waals surface area contributed by atoms with Gasteiger partial charge in [0.05, 0.1) is 10.0 Å². The topological polar surface area (TPSA) is 63.1 Å². The number of hydrogen-bond acceptors (Lipinski definition) is 4. The van der Waals surface area contributed by atoms with E-state index in [1.165, 1.54) is 18.1 Å². The summed E-state index contributed by atoms with van der Waals surface area (Å²) in [7, 11) is 0. The number of carbonyl (C=O) groups is 1. The Morgan fingerprint density at radius 3 is 2.72 bits per heavy atom. The number of aromatic nitrogens is 2. The van der Waals surface area contributed by atoms with Crippen LogP contribution in [0, 0.1) is 0 Å². The molecule has 1 heterocycles. The fourth-order valence-corrected chi connectivity index (χ4v) is 2.89. The predicted molar refractivity (Wildman–Crippen MR) is 75.0 cm³/mol. The van der Waals surface area contributed by atoms with E-state index in [1.807, 2.05) is 6.07 Å². The second-order valence-electron chi connectivity index (χ2n) is 3.22. The van der Waals surface area contributed by atoms with Gasteiger partial charge in [0, 0.05) is 15.6 Å². The predicted octanol–water partition coefficient (Wildman–Crippen LogP) is 3.85. The van der Waals surface area contributed by atoms with E-state index in [0.29, 0.717) is 4.47 Å². The minimum Gasteiger partial charge on any atom is -0.478 e. The Hall–Kier alpha value is -0.920. The van der Waals surface area contributed by atoms with Gasteiger partial charge in [0.2, 0.25) is 0 Å². The van der Waals surface area contributed by atoms with E-state index in [4.69, 9.17) is 5.11 Å². The Morgan fingerprint density at radius 2 is 2.06 bits per heavy atom. The Bertz CT molecular complexity index is 607. The second kappa shape index (κ2) is 5.81. The highest BCUT2D eigenvalue weighted by Crippen LogP contribution is 2.32. The highest BCUT2D eigenvalue weighted by Gasteiger charge is 2.11.